The van der Waals surface area contributed by atoms with E-state index >= 15 is 0 Å². The summed E-state index contributed by atoms with van der Waals surface area (Å²) in [5.74, 6) is 1.82. The number of nitrogens with one attached hydrogen (secondary N) is 2. The molecular weight excluding hydrogens is 398 g/mol. The van der Waals surface area contributed by atoms with Crippen LogP contribution in [0.5, 0.6) is 11.5 Å². The lowest BCUT2D eigenvalue weighted by Gasteiger charge is -2.14. The van der Waals surface area contributed by atoms with Gasteiger partial charge in [0.15, 0.2) is 11.5 Å². The number of hydrogen-bond acceptors (Lipinski definition) is 4. The fraction of sp³-hybridized carbons (Fsp3) is 0.263. The van der Waals surface area contributed by atoms with Gasteiger partial charge in [-0.2, -0.15) is 0 Å². The number of carbonyl (C=O) groups excluding carboxylic acids is 1. The van der Waals surface area contributed by atoms with Crippen LogP contribution < -0.4 is 14.8 Å². The molecule has 26 heavy (non-hydrogen) atoms. The largest absolute Gasteiger partial charge is 0.493 e. The van der Waals surface area contributed by atoms with Crippen molar-refractivity contribution in [2.24, 2.45) is 0 Å². The highest BCUT2D eigenvalue weighted by Gasteiger charge is 2.16. The van der Waals surface area contributed by atoms with Crippen molar-refractivity contribution in [1.29, 1.82) is 0 Å². The number of para-hydroxylation sites is 2. The van der Waals surface area contributed by atoms with Crippen molar-refractivity contribution in [1.82, 2.24) is 15.3 Å². The average molecular weight is 418 g/mol. The first-order chi connectivity index (χ1) is 12.5. The molecule has 2 N–H and O–H groups in total. The van der Waals surface area contributed by atoms with E-state index in [0.29, 0.717) is 11.5 Å². The van der Waals surface area contributed by atoms with Gasteiger partial charge in [0.1, 0.15) is 5.82 Å². The highest BCUT2D eigenvalue weighted by Crippen LogP contribution is 2.33. The minimum atomic E-state index is -0.228. The number of carbonyl (C=O) groups is 1. The maximum absolute atomic E-state index is 12.5. The molecule has 3 rings (SSSR count). The summed E-state index contributed by atoms with van der Waals surface area (Å²) in [6, 6.07) is 11.1. The van der Waals surface area contributed by atoms with Crippen molar-refractivity contribution < 1.29 is 14.3 Å². The number of methoxy groups -OCH3 is 2. The van der Waals surface area contributed by atoms with Gasteiger partial charge in [-0.05, 0) is 36.8 Å². The van der Waals surface area contributed by atoms with Crippen molar-refractivity contribution in [2.75, 3.05) is 14.2 Å². The third-order valence-corrected chi connectivity index (χ3v) is 4.84. The van der Waals surface area contributed by atoms with Crippen LogP contribution in [-0.2, 0) is 11.2 Å². The van der Waals surface area contributed by atoms with Crippen molar-refractivity contribution in [3.8, 4) is 11.5 Å². The molecule has 3 aromatic rings. The highest BCUT2D eigenvalue weighted by atomic mass is 79.9. The lowest BCUT2D eigenvalue weighted by molar-refractivity contribution is -0.121. The monoisotopic (exact) mass is 417 g/mol. The standard InChI is InChI=1S/C19H20BrN3O3/c1-11(19-22-14-6-4-5-7-15(14)23-19)21-18(24)9-12-8-16(25-2)17(26-3)10-13(12)20/h4-8,10-11H,9H2,1-3H3,(H,21,24)(H,22,23)/t11-/m0/s1. The number of hydrogen-bond donors (Lipinski definition) is 2. The number of halogens is 1. The molecule has 0 aliphatic carbocycles. The molecule has 7 heteroatoms. The molecule has 0 fully saturated rings. The number of benzene rings is 2. The van der Waals surface area contributed by atoms with Crippen molar-refractivity contribution in [2.45, 2.75) is 19.4 Å². The summed E-state index contributed by atoms with van der Waals surface area (Å²) < 4.78 is 11.4. The number of nitrogens with zero attached hydrogens (tertiary/aromatic N) is 1. The Hall–Kier alpha value is -2.54. The van der Waals surface area contributed by atoms with Crippen LogP contribution in [-0.4, -0.2) is 30.1 Å². The fourth-order valence-electron chi connectivity index (χ4n) is 2.74. The maximum atomic E-state index is 12.5. The van der Waals surface area contributed by atoms with E-state index < -0.39 is 0 Å². The highest BCUT2D eigenvalue weighted by molar-refractivity contribution is 9.10. The molecule has 0 unspecified atom stereocenters. The van der Waals surface area contributed by atoms with Crippen molar-refractivity contribution in [3.05, 3.63) is 52.3 Å². The van der Waals surface area contributed by atoms with Crippen LogP contribution in [0.15, 0.2) is 40.9 Å². The van der Waals surface area contributed by atoms with Gasteiger partial charge in [0, 0.05) is 4.47 Å². The van der Waals surface area contributed by atoms with Crippen LogP contribution >= 0.6 is 15.9 Å². The van der Waals surface area contributed by atoms with E-state index in [0.717, 1.165) is 26.9 Å². The molecular formula is C19H20BrN3O3. The molecule has 0 radical (unpaired) electrons. The van der Waals surface area contributed by atoms with Crippen LogP contribution in [0.25, 0.3) is 11.0 Å². The number of imidazole rings is 1. The minimum absolute atomic E-state index is 0.106. The van der Waals surface area contributed by atoms with Gasteiger partial charge < -0.3 is 19.8 Å². The second-order valence-electron chi connectivity index (χ2n) is 5.90. The quantitative estimate of drug-likeness (QED) is 0.639. The Balaban J connectivity index is 1.72. The van der Waals surface area contributed by atoms with E-state index in [4.69, 9.17) is 9.47 Å². The number of aromatic nitrogens is 2. The second-order valence-corrected chi connectivity index (χ2v) is 6.76. The number of amides is 1. The molecule has 0 aliphatic rings. The maximum Gasteiger partial charge on any atom is 0.225 e. The number of H-pyrrole nitrogens is 1. The van der Waals surface area contributed by atoms with E-state index in [-0.39, 0.29) is 18.4 Å². The average Bonchev–Trinajstić information content (AvgIpc) is 3.07. The molecule has 1 aromatic heterocycles. The van der Waals surface area contributed by atoms with Crippen LogP contribution in [0.4, 0.5) is 0 Å². The van der Waals surface area contributed by atoms with Crippen LogP contribution in [0.2, 0.25) is 0 Å². The molecule has 2 aromatic carbocycles. The molecule has 0 spiro atoms. The fourth-order valence-corrected chi connectivity index (χ4v) is 3.21. The molecule has 6 nitrogen and oxygen atoms in total. The molecule has 0 saturated carbocycles. The molecule has 1 amide bonds. The third-order valence-electron chi connectivity index (χ3n) is 4.10. The third kappa shape index (κ3) is 3.83. The Labute approximate surface area is 160 Å². The van der Waals surface area contributed by atoms with E-state index in [1.54, 1.807) is 26.4 Å². The van der Waals surface area contributed by atoms with Crippen LogP contribution in [0, 0.1) is 0 Å². The van der Waals surface area contributed by atoms with Gasteiger partial charge in [-0.15, -0.1) is 0 Å². The summed E-state index contributed by atoms with van der Waals surface area (Å²) in [7, 11) is 3.14. The molecule has 1 atom stereocenters. The Morgan fingerprint density at radius 2 is 1.92 bits per heavy atom. The van der Waals surface area contributed by atoms with E-state index in [2.05, 4.69) is 31.2 Å². The predicted molar refractivity (Wildman–Crippen MR) is 104 cm³/mol. The molecule has 0 saturated heterocycles. The van der Waals surface area contributed by atoms with Crippen LogP contribution in [0.1, 0.15) is 24.4 Å². The van der Waals surface area contributed by atoms with Crippen molar-refractivity contribution in [3.63, 3.8) is 0 Å². The van der Waals surface area contributed by atoms with Gasteiger partial charge in [-0.3, -0.25) is 4.79 Å². The Morgan fingerprint density at radius 3 is 2.62 bits per heavy atom. The smallest absolute Gasteiger partial charge is 0.225 e. The minimum Gasteiger partial charge on any atom is -0.493 e. The van der Waals surface area contributed by atoms with Gasteiger partial charge in [-0.1, -0.05) is 28.1 Å². The van der Waals surface area contributed by atoms with Crippen LogP contribution in [0.3, 0.4) is 0 Å². The Kier molecular flexibility index (Phi) is 5.46. The summed E-state index contributed by atoms with van der Waals surface area (Å²) in [5.41, 5.74) is 2.65. The number of fused-ring (bicyclic) bond motifs is 1. The van der Waals surface area contributed by atoms with Crippen molar-refractivity contribution >= 4 is 32.9 Å². The molecule has 1 heterocycles. The molecule has 0 bridgehead atoms. The first-order valence-electron chi connectivity index (χ1n) is 8.16. The van der Waals surface area contributed by atoms with Gasteiger partial charge in [0.05, 0.1) is 37.7 Å². The Morgan fingerprint density at radius 1 is 1.23 bits per heavy atom. The Bertz CT molecular complexity index is 906. The number of aromatic amines is 1. The number of ether oxygens (including phenoxy) is 2. The summed E-state index contributed by atoms with van der Waals surface area (Å²) in [4.78, 5) is 20.2. The van der Waals surface area contributed by atoms with Gasteiger partial charge in [0.25, 0.3) is 0 Å². The summed E-state index contributed by atoms with van der Waals surface area (Å²) in [6.45, 7) is 1.90. The normalized spacial score (nSPS) is 12.0. The van der Waals surface area contributed by atoms with E-state index in [9.17, 15) is 4.79 Å². The zero-order chi connectivity index (χ0) is 18.7. The van der Waals surface area contributed by atoms with E-state index in [1.165, 1.54) is 0 Å². The molecule has 0 aliphatic heterocycles. The second kappa shape index (κ2) is 7.78. The number of rotatable bonds is 6. The molecule has 136 valence electrons. The first kappa shape index (κ1) is 18.3. The lowest BCUT2D eigenvalue weighted by atomic mass is 10.1. The van der Waals surface area contributed by atoms with E-state index in [1.807, 2.05) is 31.2 Å². The lowest BCUT2D eigenvalue weighted by Crippen LogP contribution is -2.28. The summed E-state index contributed by atoms with van der Waals surface area (Å²) >= 11 is 3.48. The first-order valence-corrected chi connectivity index (χ1v) is 8.95. The van der Waals surface area contributed by atoms with Gasteiger partial charge >= 0.3 is 0 Å². The zero-order valence-corrected chi connectivity index (χ0v) is 16.4. The SMILES string of the molecule is COc1cc(Br)c(CC(=O)N[C@@H](C)c2nc3ccccc3[nH]2)cc1OC. The van der Waals surface area contributed by atoms with Gasteiger partial charge in [-0.25, -0.2) is 4.98 Å². The topological polar surface area (TPSA) is 76.2 Å². The zero-order valence-electron chi connectivity index (χ0n) is 14.8. The summed E-state index contributed by atoms with van der Waals surface area (Å²) in [6.07, 6.45) is 0.214. The predicted octanol–water partition coefficient (Wildman–Crippen LogP) is 3.76. The summed E-state index contributed by atoms with van der Waals surface area (Å²) in [5, 5.41) is 2.97. The van der Waals surface area contributed by atoms with Gasteiger partial charge in [0.2, 0.25) is 5.91 Å².